The first-order valence-electron chi connectivity index (χ1n) is 8.47. The van der Waals surface area contributed by atoms with E-state index in [1.165, 1.54) is 0 Å². The number of hydrogen-bond donors (Lipinski definition) is 0. The Bertz CT molecular complexity index is 1030. The van der Waals surface area contributed by atoms with Crippen LogP contribution >= 0.6 is 0 Å². The molecule has 0 saturated heterocycles. The van der Waals surface area contributed by atoms with E-state index in [1.807, 2.05) is 73.7 Å². The summed E-state index contributed by atoms with van der Waals surface area (Å²) in [6, 6.07) is 21.4. The largest absolute Gasteiger partial charge is 0.494 e. The predicted octanol–water partition coefficient (Wildman–Crippen LogP) is 4.58. The highest BCUT2D eigenvalue weighted by Crippen LogP contribution is 2.23. The molecule has 128 valence electrons. The summed E-state index contributed by atoms with van der Waals surface area (Å²) in [5, 5.41) is 2.21. The summed E-state index contributed by atoms with van der Waals surface area (Å²) in [5.41, 5.74) is 1.94. The summed E-state index contributed by atoms with van der Waals surface area (Å²) in [6.07, 6.45) is 1.71. The van der Waals surface area contributed by atoms with E-state index in [1.54, 1.807) is 6.08 Å². The van der Waals surface area contributed by atoms with Crippen LogP contribution in [0.2, 0.25) is 0 Å². The van der Waals surface area contributed by atoms with Crippen LogP contribution in [-0.4, -0.2) is 18.5 Å². The van der Waals surface area contributed by atoms with E-state index in [9.17, 15) is 4.79 Å². The highest BCUT2D eigenvalue weighted by molar-refractivity contribution is 6.13. The van der Waals surface area contributed by atoms with Crippen molar-refractivity contribution >= 4 is 28.7 Å². The molecule has 3 aromatic rings. The molecule has 1 heterocycles. The number of aliphatic imine (C=N–C) groups is 1. The molecule has 1 aliphatic rings. The van der Waals surface area contributed by atoms with Gasteiger partial charge in [-0.15, -0.1) is 0 Å². The van der Waals surface area contributed by atoms with Gasteiger partial charge in [0, 0.05) is 5.56 Å². The zero-order valence-electron chi connectivity index (χ0n) is 14.3. The van der Waals surface area contributed by atoms with Gasteiger partial charge in [-0.3, -0.25) is 0 Å². The Labute approximate surface area is 151 Å². The number of fused-ring (bicyclic) bond motifs is 1. The van der Waals surface area contributed by atoms with Crippen molar-refractivity contribution in [2.45, 2.75) is 6.92 Å². The van der Waals surface area contributed by atoms with Crippen LogP contribution in [0.1, 0.15) is 18.1 Å². The summed E-state index contributed by atoms with van der Waals surface area (Å²) in [4.78, 5) is 16.5. The van der Waals surface area contributed by atoms with Crippen LogP contribution in [0.3, 0.4) is 0 Å². The van der Waals surface area contributed by atoms with Crippen LogP contribution in [0.15, 0.2) is 77.4 Å². The van der Waals surface area contributed by atoms with Crippen LogP contribution in [0.5, 0.6) is 5.75 Å². The first-order chi connectivity index (χ1) is 12.7. The normalized spacial score (nSPS) is 15.2. The minimum atomic E-state index is -0.443. The van der Waals surface area contributed by atoms with Crippen molar-refractivity contribution in [1.82, 2.24) is 0 Å². The van der Waals surface area contributed by atoms with Crippen LogP contribution in [0, 0.1) is 0 Å². The lowest BCUT2D eigenvalue weighted by molar-refractivity contribution is -0.129. The molecule has 3 aromatic carbocycles. The molecule has 0 fully saturated rings. The monoisotopic (exact) mass is 343 g/mol. The Morgan fingerprint density at radius 1 is 1.00 bits per heavy atom. The number of cyclic esters (lactones) is 1. The number of esters is 1. The van der Waals surface area contributed by atoms with Gasteiger partial charge in [0.2, 0.25) is 5.90 Å². The predicted molar refractivity (Wildman–Crippen MR) is 102 cm³/mol. The Morgan fingerprint density at radius 3 is 2.54 bits per heavy atom. The minimum absolute atomic E-state index is 0.289. The maximum absolute atomic E-state index is 12.2. The number of rotatable bonds is 4. The number of ether oxygens (including phenoxy) is 2. The van der Waals surface area contributed by atoms with Crippen molar-refractivity contribution < 1.29 is 14.3 Å². The molecule has 0 saturated carbocycles. The standard InChI is InChI=1S/C22H17NO3/c1-2-25-19-11-7-15(8-12-19)13-20-22(24)26-21(23-20)18-10-9-16-5-3-4-6-17(16)14-18/h3-14H,2H2,1H3/b20-13-. The molecule has 0 N–H and O–H groups in total. The van der Waals surface area contributed by atoms with Gasteiger partial charge >= 0.3 is 5.97 Å². The average Bonchev–Trinajstić information content (AvgIpc) is 3.04. The lowest BCUT2D eigenvalue weighted by Gasteiger charge is -2.02. The van der Waals surface area contributed by atoms with Gasteiger partial charge in [0.15, 0.2) is 5.70 Å². The fraction of sp³-hybridized carbons (Fsp3) is 0.0909. The molecule has 0 atom stereocenters. The molecule has 0 unspecified atom stereocenters. The van der Waals surface area contributed by atoms with Crippen molar-refractivity contribution in [3.63, 3.8) is 0 Å². The van der Waals surface area contributed by atoms with E-state index in [4.69, 9.17) is 9.47 Å². The van der Waals surface area contributed by atoms with Gasteiger partial charge in [0.25, 0.3) is 0 Å². The number of carbonyl (C=O) groups is 1. The van der Waals surface area contributed by atoms with Crippen LogP contribution in [0.25, 0.3) is 16.8 Å². The van der Waals surface area contributed by atoms with Gasteiger partial charge in [0.1, 0.15) is 5.75 Å². The van der Waals surface area contributed by atoms with Gasteiger partial charge in [-0.25, -0.2) is 9.79 Å². The highest BCUT2D eigenvalue weighted by atomic mass is 16.6. The molecule has 0 aliphatic carbocycles. The molecular formula is C22H17NO3. The van der Waals surface area contributed by atoms with Gasteiger partial charge in [-0.1, -0.05) is 42.5 Å². The minimum Gasteiger partial charge on any atom is -0.494 e. The van der Waals surface area contributed by atoms with Gasteiger partial charge in [0.05, 0.1) is 6.61 Å². The summed E-state index contributed by atoms with van der Waals surface area (Å²) in [5.74, 6) is 0.684. The molecule has 4 nitrogen and oxygen atoms in total. The molecule has 4 heteroatoms. The van der Waals surface area contributed by atoms with E-state index in [0.717, 1.165) is 27.6 Å². The van der Waals surface area contributed by atoms with E-state index in [-0.39, 0.29) is 5.70 Å². The first kappa shape index (κ1) is 16.1. The molecule has 1 aliphatic heterocycles. The SMILES string of the molecule is CCOc1ccc(/C=C2\N=C(c3ccc4ccccc4c3)OC2=O)cc1. The van der Waals surface area contributed by atoms with E-state index < -0.39 is 5.97 Å². The van der Waals surface area contributed by atoms with Crippen molar-refractivity contribution in [3.05, 3.63) is 83.6 Å². The zero-order valence-corrected chi connectivity index (χ0v) is 14.3. The Kier molecular flexibility index (Phi) is 4.23. The quantitative estimate of drug-likeness (QED) is 0.514. The highest BCUT2D eigenvalue weighted by Gasteiger charge is 2.24. The van der Waals surface area contributed by atoms with Crippen LogP contribution in [0.4, 0.5) is 0 Å². The van der Waals surface area contributed by atoms with E-state index in [2.05, 4.69) is 4.99 Å². The number of benzene rings is 3. The number of hydrogen-bond acceptors (Lipinski definition) is 4. The van der Waals surface area contributed by atoms with Crippen molar-refractivity contribution in [3.8, 4) is 5.75 Å². The second-order valence-electron chi connectivity index (χ2n) is 5.90. The average molecular weight is 343 g/mol. The van der Waals surface area contributed by atoms with Gasteiger partial charge in [-0.05, 0) is 53.6 Å². The third-order valence-electron chi connectivity index (χ3n) is 4.11. The first-order valence-corrected chi connectivity index (χ1v) is 8.47. The van der Waals surface area contributed by atoms with Crippen LogP contribution < -0.4 is 4.74 Å². The molecule has 0 spiro atoms. The van der Waals surface area contributed by atoms with Crippen molar-refractivity contribution in [2.24, 2.45) is 4.99 Å². The smallest absolute Gasteiger partial charge is 0.363 e. The molecule has 26 heavy (non-hydrogen) atoms. The second-order valence-corrected chi connectivity index (χ2v) is 5.90. The number of nitrogens with zero attached hydrogens (tertiary/aromatic N) is 1. The molecular weight excluding hydrogens is 326 g/mol. The Hall–Kier alpha value is -3.40. The number of carbonyl (C=O) groups excluding carboxylic acids is 1. The third-order valence-corrected chi connectivity index (χ3v) is 4.11. The lowest BCUT2D eigenvalue weighted by Crippen LogP contribution is -2.05. The summed E-state index contributed by atoms with van der Waals surface area (Å²) in [7, 11) is 0. The fourth-order valence-corrected chi connectivity index (χ4v) is 2.84. The molecule has 4 rings (SSSR count). The molecule has 0 aromatic heterocycles. The summed E-state index contributed by atoms with van der Waals surface area (Å²) < 4.78 is 10.8. The van der Waals surface area contributed by atoms with E-state index >= 15 is 0 Å². The van der Waals surface area contributed by atoms with Gasteiger partial charge in [-0.2, -0.15) is 0 Å². The van der Waals surface area contributed by atoms with Crippen molar-refractivity contribution in [2.75, 3.05) is 6.61 Å². The second kappa shape index (κ2) is 6.84. The topological polar surface area (TPSA) is 47.9 Å². The third kappa shape index (κ3) is 3.22. The summed E-state index contributed by atoms with van der Waals surface area (Å²) in [6.45, 7) is 2.56. The van der Waals surface area contributed by atoms with Gasteiger partial charge < -0.3 is 9.47 Å². The molecule has 0 bridgehead atoms. The molecule has 0 radical (unpaired) electrons. The van der Waals surface area contributed by atoms with Crippen molar-refractivity contribution in [1.29, 1.82) is 0 Å². The summed E-state index contributed by atoms with van der Waals surface area (Å²) >= 11 is 0. The maximum atomic E-state index is 12.2. The fourth-order valence-electron chi connectivity index (χ4n) is 2.84. The maximum Gasteiger partial charge on any atom is 0.363 e. The Morgan fingerprint density at radius 2 is 1.77 bits per heavy atom. The Balaban J connectivity index is 1.63. The van der Waals surface area contributed by atoms with E-state index in [0.29, 0.717) is 12.5 Å². The lowest BCUT2D eigenvalue weighted by atomic mass is 10.1. The zero-order chi connectivity index (χ0) is 17.9. The van der Waals surface area contributed by atoms with Crippen LogP contribution in [-0.2, 0) is 9.53 Å². The molecule has 0 amide bonds.